The fraction of sp³-hybridized carbons (Fsp3) is 0.521. The lowest BCUT2D eigenvalue weighted by Gasteiger charge is -2.45. The van der Waals surface area contributed by atoms with Crippen LogP contribution in [0.1, 0.15) is 33.2 Å². The van der Waals surface area contributed by atoms with Crippen molar-refractivity contribution in [3.8, 4) is 11.5 Å². The normalized spacial score (nSPS) is 36.6. The van der Waals surface area contributed by atoms with Crippen molar-refractivity contribution < 1.29 is 123 Å². The summed E-state index contributed by atoms with van der Waals surface area (Å²) in [6.07, 6.45) is -28.3. The molecule has 19 atom stereocenters. The third-order valence-electron chi connectivity index (χ3n) is 12.5. The van der Waals surface area contributed by atoms with E-state index in [9.17, 15) is 70.6 Å². The number of benzene rings is 3. The van der Waals surface area contributed by atoms with Crippen LogP contribution >= 0.6 is 0 Å². The summed E-state index contributed by atoms with van der Waals surface area (Å²) >= 11 is 0. The fourth-order valence-electron chi connectivity index (χ4n) is 8.44. The Bertz CT molecular complexity index is 2320. The quantitative estimate of drug-likeness (QED) is 0.0337. The van der Waals surface area contributed by atoms with Gasteiger partial charge in [0.1, 0.15) is 86.5 Å². The van der Waals surface area contributed by atoms with Crippen molar-refractivity contribution >= 4 is 24.0 Å². The van der Waals surface area contributed by atoms with Gasteiger partial charge in [-0.05, 0) is 55.0 Å². The number of hydrogen-bond acceptors (Lipinski definition) is 25. The van der Waals surface area contributed by atoms with Crippen LogP contribution in [0.2, 0.25) is 0 Å². The van der Waals surface area contributed by atoms with Crippen molar-refractivity contribution in [1.82, 2.24) is 0 Å². The number of methoxy groups -OCH3 is 1. The average molecular weight is 1030 g/mol. The monoisotopic (exact) mass is 1030 g/mol. The predicted octanol–water partition coefficient (Wildman–Crippen LogP) is -3.36. The van der Waals surface area contributed by atoms with Crippen LogP contribution in [0.25, 0.3) is 6.08 Å². The highest BCUT2D eigenvalue weighted by atomic mass is 16.8. The van der Waals surface area contributed by atoms with Gasteiger partial charge in [0, 0.05) is 6.08 Å². The lowest BCUT2D eigenvalue weighted by Crippen LogP contribution is -2.64. The Balaban J connectivity index is 1.02. The van der Waals surface area contributed by atoms with Gasteiger partial charge in [-0.2, -0.15) is 0 Å². The van der Waals surface area contributed by atoms with Crippen LogP contribution in [0.15, 0.2) is 84.9 Å². The van der Waals surface area contributed by atoms with Crippen molar-refractivity contribution in [2.45, 2.75) is 123 Å². The Kier molecular flexibility index (Phi) is 18.5. The molecule has 7 rings (SSSR count). The lowest BCUT2D eigenvalue weighted by molar-refractivity contribution is -0.383. The molecular formula is C48H58O25. The van der Waals surface area contributed by atoms with E-state index in [0.29, 0.717) is 0 Å². The van der Waals surface area contributed by atoms with Crippen LogP contribution in [0.5, 0.6) is 11.5 Å². The summed E-state index contributed by atoms with van der Waals surface area (Å²) in [5.74, 6) is -5.52. The van der Waals surface area contributed by atoms with Crippen molar-refractivity contribution in [1.29, 1.82) is 0 Å². The number of carbonyl (C=O) groups is 3. The maximum absolute atomic E-state index is 13.4. The molecule has 0 bridgehead atoms. The number of carbonyl (C=O) groups excluding carboxylic acids is 3. The summed E-state index contributed by atoms with van der Waals surface area (Å²) in [5.41, 5.74) is 0.489. The number of ether oxygens (including phenoxy) is 11. The zero-order valence-corrected chi connectivity index (χ0v) is 39.0. The smallest absolute Gasteiger partial charge is 0.338 e. The van der Waals surface area contributed by atoms with Gasteiger partial charge in [-0.3, -0.25) is 0 Å². The summed E-state index contributed by atoms with van der Waals surface area (Å²) < 4.78 is 62.2. The lowest BCUT2D eigenvalue weighted by atomic mass is 9.97. The first-order valence-corrected chi connectivity index (χ1v) is 22.9. The molecule has 0 amide bonds. The number of aliphatic hydroxyl groups is 11. The highest BCUT2D eigenvalue weighted by molar-refractivity contribution is 5.90. The van der Waals surface area contributed by atoms with Crippen LogP contribution < -0.4 is 9.47 Å². The molecule has 4 heterocycles. The molecule has 0 aromatic heterocycles. The van der Waals surface area contributed by atoms with Gasteiger partial charge >= 0.3 is 17.9 Å². The van der Waals surface area contributed by atoms with Crippen molar-refractivity contribution in [3.63, 3.8) is 0 Å². The molecule has 4 aliphatic rings. The Morgan fingerprint density at radius 2 is 1.22 bits per heavy atom. The second-order valence-corrected chi connectivity index (χ2v) is 17.3. The zero-order chi connectivity index (χ0) is 52.7. The molecule has 11 N–H and O–H groups in total. The van der Waals surface area contributed by atoms with Crippen molar-refractivity contribution in [2.24, 2.45) is 0 Å². The predicted molar refractivity (Wildman–Crippen MR) is 239 cm³/mol. The number of hydrogen-bond donors (Lipinski definition) is 11. The SMILES string of the molecule is COc1cc(/C=C/C(=O)O[C@H]2[C@H](O)[C@@H](CO)O[C@@]2(CO)O[C@H]2O[C@H](COC(=O)c3ccccc3)[C@@H](OC(=O)c3ccccc3)[C@H](O)[C@H]2O)ccc1O[C@@H]1O[C@@H](C)[C@H](O[C@@H]2O[C@H](CO)[C@@H](O)[C@H](O)[C@H]2O)[C@@H](O)[C@H]1O. The first-order chi connectivity index (χ1) is 34.9. The Morgan fingerprint density at radius 3 is 1.85 bits per heavy atom. The molecule has 0 radical (unpaired) electrons. The molecule has 0 aliphatic carbocycles. The summed E-state index contributed by atoms with van der Waals surface area (Å²) in [7, 11) is 1.28. The van der Waals surface area contributed by atoms with Gasteiger partial charge in [0.05, 0.1) is 37.6 Å². The van der Waals surface area contributed by atoms with Gasteiger partial charge in [0.25, 0.3) is 0 Å². The molecule has 73 heavy (non-hydrogen) atoms. The minimum atomic E-state index is -2.61. The first kappa shape index (κ1) is 55.5. The van der Waals surface area contributed by atoms with E-state index in [0.717, 1.165) is 6.08 Å². The van der Waals surface area contributed by atoms with E-state index < -0.39 is 161 Å². The molecule has 25 nitrogen and oxygen atoms in total. The van der Waals surface area contributed by atoms with Gasteiger partial charge in [-0.25, -0.2) is 14.4 Å². The van der Waals surface area contributed by atoms with Gasteiger partial charge in [-0.15, -0.1) is 0 Å². The number of esters is 3. The average Bonchev–Trinajstić information content (AvgIpc) is 3.66. The molecule has 3 aromatic rings. The summed E-state index contributed by atoms with van der Waals surface area (Å²) in [5, 5.41) is 117. The Hall–Kier alpha value is -5.27. The van der Waals surface area contributed by atoms with Crippen LogP contribution in [0.3, 0.4) is 0 Å². The highest BCUT2D eigenvalue weighted by Gasteiger charge is 2.61. The number of rotatable bonds is 18. The van der Waals surface area contributed by atoms with Crippen LogP contribution in [0, 0.1) is 0 Å². The Morgan fingerprint density at radius 1 is 0.616 bits per heavy atom. The maximum atomic E-state index is 13.4. The van der Waals surface area contributed by atoms with Gasteiger partial charge in [0.2, 0.25) is 12.1 Å². The Labute approximate surface area is 415 Å². The summed E-state index contributed by atoms with van der Waals surface area (Å²) in [6.45, 7) is -2.08. The molecule has 4 saturated heterocycles. The maximum Gasteiger partial charge on any atom is 0.338 e. The van der Waals surface area contributed by atoms with Crippen LogP contribution in [0.4, 0.5) is 0 Å². The van der Waals surface area contributed by atoms with E-state index in [4.69, 9.17) is 52.1 Å². The largest absolute Gasteiger partial charge is 0.493 e. The molecule has 3 aromatic carbocycles. The fourth-order valence-corrected chi connectivity index (χ4v) is 8.44. The topological polar surface area (TPSA) is 375 Å². The molecule has 0 unspecified atom stereocenters. The van der Waals surface area contributed by atoms with E-state index >= 15 is 0 Å². The second-order valence-electron chi connectivity index (χ2n) is 17.3. The molecule has 0 spiro atoms. The molecule has 4 fully saturated rings. The molecule has 4 aliphatic heterocycles. The third-order valence-corrected chi connectivity index (χ3v) is 12.5. The van der Waals surface area contributed by atoms with Gasteiger partial charge in [0.15, 0.2) is 36.3 Å². The van der Waals surface area contributed by atoms with Crippen molar-refractivity contribution in [2.75, 3.05) is 33.5 Å². The highest BCUT2D eigenvalue weighted by Crippen LogP contribution is 2.39. The van der Waals surface area contributed by atoms with E-state index in [1.807, 2.05) is 0 Å². The van der Waals surface area contributed by atoms with E-state index in [2.05, 4.69) is 0 Å². The van der Waals surface area contributed by atoms with Crippen LogP contribution in [-0.2, 0) is 47.4 Å². The van der Waals surface area contributed by atoms with E-state index in [1.165, 1.54) is 62.6 Å². The van der Waals surface area contributed by atoms with Crippen LogP contribution in [-0.4, -0.2) is 224 Å². The second kappa shape index (κ2) is 24.4. The van der Waals surface area contributed by atoms with E-state index in [-0.39, 0.29) is 28.2 Å². The standard InChI is InChI=1S/C48H58O25/c1-22-40(71-46-37(58)34(55)32(53)28(18-49)67-46)35(56)38(59)45(65-22)66-26-15-13-23(17-27(26)63-2)14-16-31(52)69-42-33(54)29(19-50)72-48(42,21-51)73-47-39(60)36(57)41(70-44(62)25-11-7-4-8-12-25)30(68-47)20-64-43(61)24-9-5-3-6-10-24/h3-17,22,28-30,32-42,45-47,49-51,53-60H,18-21H2,1-2H3/b16-14+/t22-,28+,29+,30+,32+,33+,34-,35-,36+,37+,38+,39+,40-,41+,42-,45-,46-,47+,48-/m0/s1. The molecule has 25 heteroatoms. The minimum absolute atomic E-state index is 0.0142. The molecule has 400 valence electrons. The molecular weight excluding hydrogens is 977 g/mol. The van der Waals surface area contributed by atoms with Gasteiger partial charge < -0.3 is 108 Å². The zero-order valence-electron chi connectivity index (χ0n) is 39.0. The molecule has 0 saturated carbocycles. The summed E-state index contributed by atoms with van der Waals surface area (Å²) in [6, 6.07) is 19.6. The third kappa shape index (κ3) is 12.3. The van der Waals surface area contributed by atoms with Gasteiger partial charge in [-0.1, -0.05) is 42.5 Å². The summed E-state index contributed by atoms with van der Waals surface area (Å²) in [4.78, 5) is 39.5. The minimum Gasteiger partial charge on any atom is -0.493 e. The number of aliphatic hydroxyl groups excluding tert-OH is 11. The first-order valence-electron chi connectivity index (χ1n) is 22.9. The van der Waals surface area contributed by atoms with E-state index in [1.54, 1.807) is 36.4 Å². The van der Waals surface area contributed by atoms with Crippen molar-refractivity contribution in [3.05, 3.63) is 102 Å².